The van der Waals surface area contributed by atoms with Gasteiger partial charge in [0, 0.05) is 0 Å². The number of carbonyl (C=O) groups is 1. The van der Waals surface area contributed by atoms with E-state index in [4.69, 9.17) is 5.11 Å². The number of hydrogen-bond acceptors (Lipinski definition) is 3. The van der Waals surface area contributed by atoms with Crippen LogP contribution in [0, 0.1) is 13.8 Å². The molecule has 0 bridgehead atoms. The standard InChI is InChI=1S/C11H13NO3/c1-8-3-4-10(9(2)5-8)6-12-15-7-11(13)14/h3-6H,7H2,1-2H3,(H,13,14). The Balaban J connectivity index is 2.60. The van der Waals surface area contributed by atoms with Crippen molar-refractivity contribution in [2.75, 3.05) is 6.61 Å². The van der Waals surface area contributed by atoms with Gasteiger partial charge < -0.3 is 9.94 Å². The van der Waals surface area contributed by atoms with Crippen LogP contribution in [0.2, 0.25) is 0 Å². The fraction of sp³-hybridized carbons (Fsp3) is 0.273. The zero-order valence-electron chi connectivity index (χ0n) is 8.73. The highest BCUT2D eigenvalue weighted by atomic mass is 16.6. The molecule has 0 amide bonds. The van der Waals surface area contributed by atoms with Gasteiger partial charge in [0.05, 0.1) is 6.21 Å². The molecule has 4 nitrogen and oxygen atoms in total. The minimum absolute atomic E-state index is 0.415. The Morgan fingerprint density at radius 3 is 2.87 bits per heavy atom. The molecule has 1 N–H and O–H groups in total. The molecule has 15 heavy (non-hydrogen) atoms. The Bertz CT molecular complexity index is 385. The van der Waals surface area contributed by atoms with Gasteiger partial charge in [-0.1, -0.05) is 28.9 Å². The summed E-state index contributed by atoms with van der Waals surface area (Å²) in [5.74, 6) is -1.03. The minimum Gasteiger partial charge on any atom is -0.479 e. The maximum atomic E-state index is 10.1. The summed E-state index contributed by atoms with van der Waals surface area (Å²) >= 11 is 0. The van der Waals surface area contributed by atoms with Crippen molar-refractivity contribution in [1.29, 1.82) is 0 Å². The molecule has 1 rings (SSSR count). The van der Waals surface area contributed by atoms with E-state index in [2.05, 4.69) is 9.99 Å². The molecule has 0 aliphatic heterocycles. The van der Waals surface area contributed by atoms with E-state index in [0.717, 1.165) is 11.1 Å². The number of benzene rings is 1. The largest absolute Gasteiger partial charge is 0.479 e. The Labute approximate surface area is 88.2 Å². The van der Waals surface area contributed by atoms with E-state index < -0.39 is 12.6 Å². The average molecular weight is 207 g/mol. The van der Waals surface area contributed by atoms with E-state index in [1.165, 1.54) is 11.8 Å². The molecule has 80 valence electrons. The zero-order valence-corrected chi connectivity index (χ0v) is 8.73. The zero-order chi connectivity index (χ0) is 11.3. The molecule has 4 heteroatoms. The van der Waals surface area contributed by atoms with Gasteiger partial charge in [0.2, 0.25) is 6.61 Å². The SMILES string of the molecule is Cc1ccc(C=NOCC(=O)O)c(C)c1. The average Bonchev–Trinajstić information content (AvgIpc) is 2.14. The third-order valence-corrected chi connectivity index (χ3v) is 1.88. The summed E-state index contributed by atoms with van der Waals surface area (Å²) in [5.41, 5.74) is 3.18. The van der Waals surface area contributed by atoms with Crippen LogP contribution in [0.15, 0.2) is 23.4 Å². The van der Waals surface area contributed by atoms with Gasteiger partial charge in [0.15, 0.2) is 0 Å². The van der Waals surface area contributed by atoms with Gasteiger partial charge in [-0.05, 0) is 25.0 Å². The third-order valence-electron chi connectivity index (χ3n) is 1.88. The predicted octanol–water partition coefficient (Wildman–Crippen LogP) is 1.74. The summed E-state index contributed by atoms with van der Waals surface area (Å²) in [6.07, 6.45) is 1.51. The van der Waals surface area contributed by atoms with Crippen LogP contribution >= 0.6 is 0 Å². The van der Waals surface area contributed by atoms with Crippen molar-refractivity contribution in [3.63, 3.8) is 0 Å². The second-order valence-electron chi connectivity index (χ2n) is 3.26. The smallest absolute Gasteiger partial charge is 0.344 e. The van der Waals surface area contributed by atoms with Crippen LogP contribution in [0.5, 0.6) is 0 Å². The second-order valence-corrected chi connectivity index (χ2v) is 3.26. The van der Waals surface area contributed by atoms with Crippen LogP contribution in [-0.2, 0) is 9.63 Å². The van der Waals surface area contributed by atoms with E-state index in [0.29, 0.717) is 0 Å². The molecule has 0 spiro atoms. The molecule has 0 radical (unpaired) electrons. The Kier molecular flexibility index (Phi) is 3.85. The van der Waals surface area contributed by atoms with Gasteiger partial charge in [0.25, 0.3) is 0 Å². The first-order valence-corrected chi connectivity index (χ1v) is 4.54. The molecule has 0 saturated heterocycles. The Morgan fingerprint density at radius 2 is 2.27 bits per heavy atom. The van der Waals surface area contributed by atoms with Crippen molar-refractivity contribution < 1.29 is 14.7 Å². The van der Waals surface area contributed by atoms with Gasteiger partial charge in [-0.15, -0.1) is 0 Å². The van der Waals surface area contributed by atoms with Crippen molar-refractivity contribution in [3.05, 3.63) is 34.9 Å². The van der Waals surface area contributed by atoms with Gasteiger partial charge >= 0.3 is 5.97 Å². The number of aliphatic carboxylic acids is 1. The van der Waals surface area contributed by atoms with E-state index in [1.807, 2.05) is 32.0 Å². The maximum Gasteiger partial charge on any atom is 0.344 e. The first-order chi connectivity index (χ1) is 7.09. The number of oxime groups is 1. The van der Waals surface area contributed by atoms with Crippen LogP contribution in [0.3, 0.4) is 0 Å². The highest BCUT2D eigenvalue weighted by molar-refractivity contribution is 5.81. The highest BCUT2D eigenvalue weighted by Gasteiger charge is 1.96. The summed E-state index contributed by atoms with van der Waals surface area (Å²) in [6, 6.07) is 5.91. The monoisotopic (exact) mass is 207 g/mol. The lowest BCUT2D eigenvalue weighted by molar-refractivity contribution is -0.142. The molecule has 1 aromatic rings. The summed E-state index contributed by atoms with van der Waals surface area (Å²) in [7, 11) is 0. The number of rotatable bonds is 4. The van der Waals surface area contributed by atoms with Crippen molar-refractivity contribution >= 4 is 12.2 Å². The summed E-state index contributed by atoms with van der Waals surface area (Å²) in [5, 5.41) is 11.9. The van der Waals surface area contributed by atoms with Gasteiger partial charge in [0.1, 0.15) is 0 Å². The van der Waals surface area contributed by atoms with E-state index >= 15 is 0 Å². The molecule has 0 fully saturated rings. The molecular weight excluding hydrogens is 194 g/mol. The van der Waals surface area contributed by atoms with Crippen LogP contribution in [0.25, 0.3) is 0 Å². The van der Waals surface area contributed by atoms with E-state index in [-0.39, 0.29) is 0 Å². The van der Waals surface area contributed by atoms with Crippen molar-refractivity contribution in [3.8, 4) is 0 Å². The topological polar surface area (TPSA) is 58.9 Å². The first-order valence-electron chi connectivity index (χ1n) is 4.54. The van der Waals surface area contributed by atoms with E-state index in [9.17, 15) is 4.79 Å². The minimum atomic E-state index is -1.03. The van der Waals surface area contributed by atoms with Crippen molar-refractivity contribution in [2.24, 2.45) is 5.16 Å². The lowest BCUT2D eigenvalue weighted by Gasteiger charge is -2.00. The van der Waals surface area contributed by atoms with Crippen LogP contribution in [0.1, 0.15) is 16.7 Å². The molecule has 0 heterocycles. The maximum absolute atomic E-state index is 10.1. The fourth-order valence-electron chi connectivity index (χ4n) is 1.16. The third kappa shape index (κ3) is 3.81. The number of carboxylic acid groups (broad SMARTS) is 1. The predicted molar refractivity (Wildman–Crippen MR) is 57.1 cm³/mol. The second kappa shape index (κ2) is 5.14. The molecule has 0 aliphatic carbocycles. The lowest BCUT2D eigenvalue weighted by Crippen LogP contribution is -2.03. The van der Waals surface area contributed by atoms with Gasteiger partial charge in [-0.2, -0.15) is 0 Å². The molecule has 0 saturated carbocycles. The van der Waals surface area contributed by atoms with E-state index in [1.54, 1.807) is 0 Å². The van der Waals surface area contributed by atoms with Crippen LogP contribution in [0.4, 0.5) is 0 Å². The molecule has 0 unspecified atom stereocenters. The first kappa shape index (κ1) is 11.2. The summed E-state index contributed by atoms with van der Waals surface area (Å²) in [6.45, 7) is 3.56. The van der Waals surface area contributed by atoms with Crippen LogP contribution in [-0.4, -0.2) is 23.9 Å². The lowest BCUT2D eigenvalue weighted by atomic mass is 10.1. The molecule has 0 aromatic heterocycles. The fourth-order valence-corrected chi connectivity index (χ4v) is 1.16. The number of aryl methyl sites for hydroxylation is 2. The number of nitrogens with zero attached hydrogens (tertiary/aromatic N) is 1. The summed E-state index contributed by atoms with van der Waals surface area (Å²) < 4.78 is 0. The Morgan fingerprint density at radius 1 is 1.53 bits per heavy atom. The summed E-state index contributed by atoms with van der Waals surface area (Å²) in [4.78, 5) is 14.7. The molecule has 0 atom stereocenters. The van der Waals surface area contributed by atoms with Crippen molar-refractivity contribution in [2.45, 2.75) is 13.8 Å². The number of hydrogen-bond donors (Lipinski definition) is 1. The molecule has 1 aromatic carbocycles. The van der Waals surface area contributed by atoms with Crippen molar-refractivity contribution in [1.82, 2.24) is 0 Å². The highest BCUT2D eigenvalue weighted by Crippen LogP contribution is 2.07. The van der Waals surface area contributed by atoms with Crippen LogP contribution < -0.4 is 0 Å². The Hall–Kier alpha value is -1.84. The van der Waals surface area contributed by atoms with Gasteiger partial charge in [-0.3, -0.25) is 0 Å². The molecular formula is C11H13NO3. The quantitative estimate of drug-likeness (QED) is 0.604. The van der Waals surface area contributed by atoms with Gasteiger partial charge in [-0.25, -0.2) is 4.79 Å². The number of carboxylic acids is 1. The molecule has 0 aliphatic rings. The normalized spacial score (nSPS) is 10.5.